The highest BCUT2D eigenvalue weighted by Gasteiger charge is 2.11. The van der Waals surface area contributed by atoms with Crippen LogP contribution in [0.25, 0.3) is 0 Å². The summed E-state index contributed by atoms with van der Waals surface area (Å²) < 4.78 is 11.1. The highest BCUT2D eigenvalue weighted by molar-refractivity contribution is 5.29. The summed E-state index contributed by atoms with van der Waals surface area (Å²) in [4.78, 5) is 0. The van der Waals surface area contributed by atoms with E-state index in [1.165, 1.54) is 5.56 Å². The molecule has 0 spiro atoms. The van der Waals surface area contributed by atoms with E-state index in [2.05, 4.69) is 24.4 Å². The second-order valence-electron chi connectivity index (χ2n) is 5.46. The van der Waals surface area contributed by atoms with Crippen LogP contribution in [0.4, 0.5) is 0 Å². The van der Waals surface area contributed by atoms with Gasteiger partial charge in [-0.2, -0.15) is 0 Å². The van der Waals surface area contributed by atoms with E-state index >= 15 is 0 Å². The van der Waals surface area contributed by atoms with Crippen LogP contribution in [0.2, 0.25) is 0 Å². The molecule has 0 aliphatic carbocycles. The quantitative estimate of drug-likeness (QED) is 0.783. The highest BCUT2D eigenvalue weighted by atomic mass is 16.5. The van der Waals surface area contributed by atoms with Crippen LogP contribution in [0.5, 0.6) is 5.75 Å². The summed E-state index contributed by atoms with van der Waals surface area (Å²) in [5, 5.41) is 3.54. The Labute approximate surface area is 127 Å². The van der Waals surface area contributed by atoms with E-state index in [0.29, 0.717) is 6.04 Å². The first kappa shape index (κ1) is 15.6. The summed E-state index contributed by atoms with van der Waals surface area (Å²) in [6.45, 7) is 7.17. The molecule has 0 bridgehead atoms. The molecule has 1 unspecified atom stereocenters. The zero-order valence-corrected chi connectivity index (χ0v) is 13.1. The summed E-state index contributed by atoms with van der Waals surface area (Å²) in [6, 6.07) is 12.7. The lowest BCUT2D eigenvalue weighted by Gasteiger charge is -2.18. The number of hydrogen-bond acceptors (Lipinski definition) is 3. The van der Waals surface area contributed by atoms with Gasteiger partial charge in [-0.3, -0.25) is 0 Å². The molecule has 0 saturated heterocycles. The van der Waals surface area contributed by atoms with Crippen LogP contribution in [0.3, 0.4) is 0 Å². The maximum absolute atomic E-state index is 5.69. The topological polar surface area (TPSA) is 34.4 Å². The van der Waals surface area contributed by atoms with Gasteiger partial charge >= 0.3 is 0 Å². The third-order valence-electron chi connectivity index (χ3n) is 3.36. The predicted octanol–water partition coefficient (Wildman–Crippen LogP) is 4.35. The molecular formula is C18H25NO2. The predicted molar refractivity (Wildman–Crippen MR) is 85.7 cm³/mol. The van der Waals surface area contributed by atoms with Crippen molar-refractivity contribution >= 4 is 0 Å². The average Bonchev–Trinajstić information content (AvgIpc) is 2.97. The number of nitrogens with one attached hydrogen (secondary N) is 1. The van der Waals surface area contributed by atoms with Crippen LogP contribution < -0.4 is 10.1 Å². The van der Waals surface area contributed by atoms with Gasteiger partial charge in [0.2, 0.25) is 0 Å². The lowest BCUT2D eigenvalue weighted by molar-refractivity contribution is 0.242. The van der Waals surface area contributed by atoms with Gasteiger partial charge in [-0.25, -0.2) is 0 Å². The molecule has 21 heavy (non-hydrogen) atoms. The maximum Gasteiger partial charge on any atom is 0.119 e. The van der Waals surface area contributed by atoms with Crippen molar-refractivity contribution in [1.29, 1.82) is 0 Å². The van der Waals surface area contributed by atoms with Gasteiger partial charge in [-0.15, -0.1) is 0 Å². The van der Waals surface area contributed by atoms with Crippen LogP contribution in [0.1, 0.15) is 44.6 Å². The standard InChI is InChI=1S/C18H25NO2/c1-4-19-18(12-11-16-6-5-13-20-16)15-7-9-17(10-8-15)21-14(2)3/h5-10,13-14,18-19H,4,11-12H2,1-3H3. The molecule has 2 aromatic rings. The largest absolute Gasteiger partial charge is 0.491 e. The minimum Gasteiger partial charge on any atom is -0.491 e. The van der Waals surface area contributed by atoms with Crippen molar-refractivity contribution in [2.45, 2.75) is 45.8 Å². The fourth-order valence-corrected chi connectivity index (χ4v) is 2.43. The fraction of sp³-hybridized carbons (Fsp3) is 0.444. The van der Waals surface area contributed by atoms with E-state index in [4.69, 9.17) is 9.15 Å². The zero-order chi connectivity index (χ0) is 15.1. The molecule has 1 aromatic heterocycles. The lowest BCUT2D eigenvalue weighted by Crippen LogP contribution is -2.21. The Bertz CT molecular complexity index is 503. The summed E-state index contributed by atoms with van der Waals surface area (Å²) in [5.74, 6) is 1.97. The molecule has 2 rings (SSSR count). The normalized spacial score (nSPS) is 12.6. The molecule has 1 aromatic carbocycles. The minimum atomic E-state index is 0.208. The van der Waals surface area contributed by atoms with Gasteiger partial charge in [0.1, 0.15) is 11.5 Å². The number of aryl methyl sites for hydroxylation is 1. The van der Waals surface area contributed by atoms with Gasteiger partial charge in [0.05, 0.1) is 12.4 Å². The third-order valence-corrected chi connectivity index (χ3v) is 3.36. The molecule has 0 fully saturated rings. The number of ether oxygens (including phenoxy) is 1. The molecule has 0 aliphatic heterocycles. The van der Waals surface area contributed by atoms with E-state index in [9.17, 15) is 0 Å². The van der Waals surface area contributed by atoms with E-state index in [1.54, 1.807) is 6.26 Å². The minimum absolute atomic E-state index is 0.208. The summed E-state index contributed by atoms with van der Waals surface area (Å²) in [6.07, 6.45) is 3.90. The van der Waals surface area contributed by atoms with E-state index < -0.39 is 0 Å². The van der Waals surface area contributed by atoms with Gasteiger partial charge < -0.3 is 14.5 Å². The maximum atomic E-state index is 5.69. The SMILES string of the molecule is CCNC(CCc1ccco1)c1ccc(OC(C)C)cc1. The van der Waals surface area contributed by atoms with Crippen molar-refractivity contribution in [3.8, 4) is 5.75 Å². The van der Waals surface area contributed by atoms with Crippen LogP contribution in [0, 0.1) is 0 Å². The van der Waals surface area contributed by atoms with Gasteiger partial charge in [0.25, 0.3) is 0 Å². The molecule has 0 amide bonds. The van der Waals surface area contributed by atoms with Crippen molar-refractivity contribution in [2.24, 2.45) is 0 Å². The van der Waals surface area contributed by atoms with E-state index in [1.807, 2.05) is 38.1 Å². The Balaban J connectivity index is 1.99. The molecule has 1 atom stereocenters. The number of benzene rings is 1. The first-order valence-electron chi connectivity index (χ1n) is 7.71. The monoisotopic (exact) mass is 287 g/mol. The molecule has 3 heteroatoms. The summed E-state index contributed by atoms with van der Waals surface area (Å²) in [5.41, 5.74) is 1.29. The number of hydrogen-bond donors (Lipinski definition) is 1. The van der Waals surface area contributed by atoms with Crippen molar-refractivity contribution in [3.05, 3.63) is 54.0 Å². The van der Waals surface area contributed by atoms with Crippen molar-refractivity contribution in [1.82, 2.24) is 5.32 Å². The van der Waals surface area contributed by atoms with Crippen molar-refractivity contribution in [2.75, 3.05) is 6.54 Å². The Morgan fingerprint density at radius 2 is 1.90 bits per heavy atom. The van der Waals surface area contributed by atoms with Crippen molar-refractivity contribution < 1.29 is 9.15 Å². The fourth-order valence-electron chi connectivity index (χ4n) is 2.43. The molecule has 0 radical (unpaired) electrons. The molecule has 0 saturated carbocycles. The zero-order valence-electron chi connectivity index (χ0n) is 13.1. The number of rotatable bonds is 8. The molecule has 1 heterocycles. The van der Waals surface area contributed by atoms with Crippen LogP contribution in [-0.2, 0) is 6.42 Å². The smallest absolute Gasteiger partial charge is 0.119 e. The van der Waals surface area contributed by atoms with Crippen LogP contribution in [-0.4, -0.2) is 12.6 Å². The second-order valence-corrected chi connectivity index (χ2v) is 5.46. The Hall–Kier alpha value is -1.74. The lowest BCUT2D eigenvalue weighted by atomic mass is 10.0. The van der Waals surface area contributed by atoms with Gasteiger partial charge in [-0.1, -0.05) is 19.1 Å². The van der Waals surface area contributed by atoms with Crippen LogP contribution >= 0.6 is 0 Å². The first-order chi connectivity index (χ1) is 10.2. The van der Waals surface area contributed by atoms with E-state index in [0.717, 1.165) is 30.9 Å². The second kappa shape index (κ2) is 7.89. The summed E-state index contributed by atoms with van der Waals surface area (Å²) >= 11 is 0. The first-order valence-corrected chi connectivity index (χ1v) is 7.71. The third kappa shape index (κ3) is 4.94. The Kier molecular flexibility index (Phi) is 5.88. The van der Waals surface area contributed by atoms with Crippen molar-refractivity contribution in [3.63, 3.8) is 0 Å². The molecule has 3 nitrogen and oxygen atoms in total. The summed E-state index contributed by atoms with van der Waals surface area (Å²) in [7, 11) is 0. The molecule has 114 valence electrons. The Morgan fingerprint density at radius 1 is 1.14 bits per heavy atom. The molecular weight excluding hydrogens is 262 g/mol. The van der Waals surface area contributed by atoms with Gasteiger partial charge in [0, 0.05) is 12.5 Å². The average molecular weight is 287 g/mol. The molecule has 0 aliphatic rings. The Morgan fingerprint density at radius 3 is 2.48 bits per heavy atom. The van der Waals surface area contributed by atoms with Gasteiger partial charge in [0.15, 0.2) is 0 Å². The molecule has 1 N–H and O–H groups in total. The van der Waals surface area contributed by atoms with Gasteiger partial charge in [-0.05, 0) is 56.6 Å². The number of furan rings is 1. The van der Waals surface area contributed by atoms with Crippen LogP contribution in [0.15, 0.2) is 47.1 Å². The highest BCUT2D eigenvalue weighted by Crippen LogP contribution is 2.22. The van der Waals surface area contributed by atoms with E-state index in [-0.39, 0.29) is 6.10 Å².